The highest BCUT2D eigenvalue weighted by molar-refractivity contribution is 5.95. The Morgan fingerprint density at radius 1 is 1.53 bits per heavy atom. The number of rotatable bonds is 4. The van der Waals surface area contributed by atoms with Crippen LogP contribution in [0, 0.1) is 5.92 Å². The predicted octanol–water partition coefficient (Wildman–Crippen LogP) is 0.486. The highest BCUT2D eigenvalue weighted by atomic mass is 16.2. The Balaban J connectivity index is 2.18. The van der Waals surface area contributed by atoms with Gasteiger partial charge in [0.1, 0.15) is 0 Å². The number of carbonyl (C=O) groups is 2. The molecule has 0 atom stereocenters. The maximum absolute atomic E-state index is 11.5. The van der Waals surface area contributed by atoms with Gasteiger partial charge in [-0.15, -0.1) is 0 Å². The fourth-order valence-electron chi connectivity index (χ4n) is 1.51. The van der Waals surface area contributed by atoms with Crippen molar-refractivity contribution in [2.75, 3.05) is 5.32 Å². The average Bonchev–Trinajstić information content (AvgIpc) is 3.12. The van der Waals surface area contributed by atoms with Crippen molar-refractivity contribution in [3.63, 3.8) is 0 Å². The number of hydrogen-bond acceptors (Lipinski definition) is 4. The molecule has 0 aromatic carbocycles. The van der Waals surface area contributed by atoms with Gasteiger partial charge in [-0.2, -0.15) is 0 Å². The first-order valence-electron chi connectivity index (χ1n) is 5.58. The first kappa shape index (κ1) is 11.5. The largest absolute Gasteiger partial charge is 0.365 e. The summed E-state index contributed by atoms with van der Waals surface area (Å²) in [5, 5.41) is 2.63. The average molecular weight is 234 g/mol. The molecule has 6 nitrogen and oxygen atoms in total. The molecule has 1 aliphatic rings. The zero-order valence-electron chi connectivity index (χ0n) is 9.56. The molecule has 1 heterocycles. The molecule has 0 saturated heterocycles. The van der Waals surface area contributed by atoms with E-state index >= 15 is 0 Å². The molecule has 0 spiro atoms. The standard InChI is InChI=1S/C11H14N4O2/c1-2-8-7(9(12)16)5-13-11(14-8)15-10(17)6-3-4-6/h5-6H,2-4H2,1H3,(H2,12,16)(H,13,14,15,17). The van der Waals surface area contributed by atoms with Gasteiger partial charge in [0.25, 0.3) is 5.91 Å². The lowest BCUT2D eigenvalue weighted by Crippen LogP contribution is -2.19. The van der Waals surface area contributed by atoms with Crippen molar-refractivity contribution < 1.29 is 9.59 Å². The van der Waals surface area contributed by atoms with E-state index in [9.17, 15) is 9.59 Å². The third kappa shape index (κ3) is 2.58. The van der Waals surface area contributed by atoms with Crippen LogP contribution in [0.1, 0.15) is 35.8 Å². The van der Waals surface area contributed by atoms with Crippen molar-refractivity contribution >= 4 is 17.8 Å². The molecular weight excluding hydrogens is 220 g/mol. The Bertz CT molecular complexity index is 469. The number of nitrogens with two attached hydrogens (primary N) is 1. The molecule has 1 aromatic rings. The quantitative estimate of drug-likeness (QED) is 0.791. The van der Waals surface area contributed by atoms with Gasteiger partial charge in [0.05, 0.1) is 11.3 Å². The number of aromatic nitrogens is 2. The van der Waals surface area contributed by atoms with E-state index in [2.05, 4.69) is 15.3 Å². The Morgan fingerprint density at radius 2 is 2.24 bits per heavy atom. The van der Waals surface area contributed by atoms with Gasteiger partial charge in [-0.25, -0.2) is 9.97 Å². The van der Waals surface area contributed by atoms with Crippen LogP contribution in [0.3, 0.4) is 0 Å². The van der Waals surface area contributed by atoms with E-state index in [1.54, 1.807) is 0 Å². The Kier molecular flexibility index (Phi) is 3.03. The SMILES string of the molecule is CCc1nc(NC(=O)C2CC2)ncc1C(N)=O. The van der Waals surface area contributed by atoms with Gasteiger partial charge >= 0.3 is 0 Å². The summed E-state index contributed by atoms with van der Waals surface area (Å²) in [4.78, 5) is 30.6. The Hall–Kier alpha value is -1.98. The molecule has 17 heavy (non-hydrogen) atoms. The van der Waals surface area contributed by atoms with E-state index < -0.39 is 5.91 Å². The number of amides is 2. The Labute approximate surface area is 98.6 Å². The molecular formula is C11H14N4O2. The number of carbonyl (C=O) groups excluding carboxylic acids is 2. The molecule has 0 aliphatic heterocycles. The third-order valence-electron chi connectivity index (χ3n) is 2.65. The smallest absolute Gasteiger partial charge is 0.252 e. The van der Waals surface area contributed by atoms with Crippen LogP contribution in [0.4, 0.5) is 5.95 Å². The monoisotopic (exact) mass is 234 g/mol. The maximum Gasteiger partial charge on any atom is 0.252 e. The van der Waals surface area contributed by atoms with Gasteiger partial charge in [-0.1, -0.05) is 6.92 Å². The number of primary amides is 1. The van der Waals surface area contributed by atoms with Crippen molar-refractivity contribution in [3.05, 3.63) is 17.5 Å². The molecule has 1 aromatic heterocycles. The molecule has 0 radical (unpaired) electrons. The summed E-state index contributed by atoms with van der Waals surface area (Å²) in [6.45, 7) is 1.86. The third-order valence-corrected chi connectivity index (χ3v) is 2.65. The summed E-state index contributed by atoms with van der Waals surface area (Å²) in [6.07, 6.45) is 3.77. The van der Waals surface area contributed by atoms with Crippen LogP contribution in [0.5, 0.6) is 0 Å². The van der Waals surface area contributed by atoms with Crippen molar-refractivity contribution in [1.82, 2.24) is 9.97 Å². The molecule has 3 N–H and O–H groups in total. The lowest BCUT2D eigenvalue weighted by molar-refractivity contribution is -0.117. The minimum Gasteiger partial charge on any atom is -0.365 e. The maximum atomic E-state index is 11.5. The van der Waals surface area contributed by atoms with Crippen LogP contribution >= 0.6 is 0 Å². The zero-order chi connectivity index (χ0) is 12.4. The molecule has 2 amide bonds. The minimum absolute atomic E-state index is 0.0566. The van der Waals surface area contributed by atoms with Gasteiger partial charge in [0.2, 0.25) is 11.9 Å². The van der Waals surface area contributed by atoms with E-state index in [-0.39, 0.29) is 17.8 Å². The number of hydrogen-bond donors (Lipinski definition) is 2. The van der Waals surface area contributed by atoms with Crippen LogP contribution in [0.2, 0.25) is 0 Å². The Morgan fingerprint density at radius 3 is 2.76 bits per heavy atom. The molecule has 2 rings (SSSR count). The van der Waals surface area contributed by atoms with Crippen LogP contribution in [0.15, 0.2) is 6.20 Å². The summed E-state index contributed by atoms with van der Waals surface area (Å²) in [7, 11) is 0. The van der Waals surface area contributed by atoms with Crippen molar-refractivity contribution in [2.24, 2.45) is 11.7 Å². The number of anilines is 1. The number of nitrogens with one attached hydrogen (secondary N) is 1. The van der Waals surface area contributed by atoms with Crippen molar-refractivity contribution in [1.29, 1.82) is 0 Å². The summed E-state index contributed by atoms with van der Waals surface area (Å²) in [6, 6.07) is 0. The second-order valence-electron chi connectivity index (χ2n) is 4.04. The molecule has 0 bridgehead atoms. The molecule has 1 aliphatic carbocycles. The first-order chi connectivity index (χ1) is 8.11. The normalized spacial score (nSPS) is 14.4. The van der Waals surface area contributed by atoms with Gasteiger partial charge < -0.3 is 5.73 Å². The minimum atomic E-state index is -0.554. The van der Waals surface area contributed by atoms with Gasteiger partial charge in [-0.3, -0.25) is 14.9 Å². The predicted molar refractivity (Wildman–Crippen MR) is 61.3 cm³/mol. The molecule has 6 heteroatoms. The van der Waals surface area contributed by atoms with Crippen LogP contribution in [-0.4, -0.2) is 21.8 Å². The summed E-state index contributed by atoms with van der Waals surface area (Å²) in [5.41, 5.74) is 6.05. The van der Waals surface area contributed by atoms with E-state index in [1.165, 1.54) is 6.20 Å². The van der Waals surface area contributed by atoms with Crippen LogP contribution in [0.25, 0.3) is 0 Å². The second kappa shape index (κ2) is 4.48. The summed E-state index contributed by atoms with van der Waals surface area (Å²) >= 11 is 0. The van der Waals surface area contributed by atoms with E-state index in [1.807, 2.05) is 6.92 Å². The second-order valence-corrected chi connectivity index (χ2v) is 4.04. The van der Waals surface area contributed by atoms with Crippen LogP contribution < -0.4 is 11.1 Å². The number of nitrogens with zero attached hydrogens (tertiary/aromatic N) is 2. The summed E-state index contributed by atoms with van der Waals surface area (Å²) < 4.78 is 0. The van der Waals surface area contributed by atoms with Crippen LogP contribution in [-0.2, 0) is 11.2 Å². The van der Waals surface area contributed by atoms with Crippen molar-refractivity contribution in [2.45, 2.75) is 26.2 Å². The lowest BCUT2D eigenvalue weighted by Gasteiger charge is -2.06. The molecule has 1 fully saturated rings. The van der Waals surface area contributed by atoms with Crippen molar-refractivity contribution in [3.8, 4) is 0 Å². The topological polar surface area (TPSA) is 98.0 Å². The lowest BCUT2D eigenvalue weighted by atomic mass is 10.2. The summed E-state index contributed by atoms with van der Waals surface area (Å²) in [5.74, 6) is -0.274. The van der Waals surface area contributed by atoms with E-state index in [0.29, 0.717) is 17.7 Å². The highest BCUT2D eigenvalue weighted by Gasteiger charge is 2.30. The van der Waals surface area contributed by atoms with E-state index in [4.69, 9.17) is 5.73 Å². The van der Waals surface area contributed by atoms with Gasteiger partial charge in [-0.05, 0) is 19.3 Å². The molecule has 1 saturated carbocycles. The highest BCUT2D eigenvalue weighted by Crippen LogP contribution is 2.29. The fourth-order valence-corrected chi connectivity index (χ4v) is 1.51. The first-order valence-corrected chi connectivity index (χ1v) is 5.58. The fraction of sp³-hybridized carbons (Fsp3) is 0.455. The molecule has 90 valence electrons. The van der Waals surface area contributed by atoms with Gasteiger partial charge in [0, 0.05) is 12.1 Å². The molecule has 0 unspecified atom stereocenters. The zero-order valence-corrected chi connectivity index (χ0v) is 9.56. The van der Waals surface area contributed by atoms with E-state index in [0.717, 1.165) is 12.8 Å². The number of aryl methyl sites for hydroxylation is 1. The van der Waals surface area contributed by atoms with Gasteiger partial charge in [0.15, 0.2) is 0 Å².